The van der Waals surface area contributed by atoms with Gasteiger partial charge in [0.15, 0.2) is 0 Å². The molecule has 1 aromatic heterocycles. The van der Waals surface area contributed by atoms with Crippen molar-refractivity contribution in [3.05, 3.63) is 52.1 Å². The number of anilines is 2. The first-order chi connectivity index (χ1) is 16.1. The van der Waals surface area contributed by atoms with Crippen LogP contribution in [0.25, 0.3) is 0 Å². The molecule has 11 heteroatoms. The monoisotopic (exact) mass is 490 g/mol. The van der Waals surface area contributed by atoms with E-state index in [4.69, 9.17) is 32.7 Å². The first kappa shape index (κ1) is 22.1. The summed E-state index contributed by atoms with van der Waals surface area (Å²) < 4.78 is 13.4. The zero-order chi connectivity index (χ0) is 22.8. The second kappa shape index (κ2) is 9.62. The van der Waals surface area contributed by atoms with E-state index in [0.717, 1.165) is 44.6 Å². The fourth-order valence-electron chi connectivity index (χ4n) is 3.65. The number of nitrogens with zero attached hydrogens (tertiary/aromatic N) is 3. The lowest BCUT2D eigenvalue weighted by Crippen LogP contribution is -2.38. The predicted octanol–water partition coefficient (Wildman–Crippen LogP) is 3.94. The molecule has 33 heavy (non-hydrogen) atoms. The molecule has 174 valence electrons. The Balaban J connectivity index is 1.28. The Kier molecular flexibility index (Phi) is 6.43. The summed E-state index contributed by atoms with van der Waals surface area (Å²) >= 11 is 12.4. The van der Waals surface area contributed by atoms with Crippen LogP contribution in [-0.2, 0) is 14.3 Å². The Morgan fingerprint density at radius 1 is 1.18 bits per heavy atom. The van der Waals surface area contributed by atoms with Gasteiger partial charge in [-0.2, -0.15) is 5.10 Å². The number of carbonyl (C=O) groups is 1. The number of nitrogens with one attached hydrogen (secondary N) is 3. The zero-order valence-electron chi connectivity index (χ0n) is 17.8. The van der Waals surface area contributed by atoms with Crippen LogP contribution in [0.15, 0.2) is 47.0 Å². The maximum Gasteiger partial charge on any atom is 0.258 e. The van der Waals surface area contributed by atoms with Crippen LogP contribution in [0, 0.1) is 0 Å². The summed E-state index contributed by atoms with van der Waals surface area (Å²) in [5, 5.41) is 14.3. The van der Waals surface area contributed by atoms with Crippen LogP contribution >= 0.6 is 23.2 Å². The molecule has 3 aliphatic rings. The molecule has 3 heterocycles. The van der Waals surface area contributed by atoms with E-state index >= 15 is 0 Å². The van der Waals surface area contributed by atoms with Gasteiger partial charge in [-0.3, -0.25) is 14.8 Å². The number of halogens is 2. The van der Waals surface area contributed by atoms with Crippen LogP contribution in [0.3, 0.4) is 0 Å². The predicted molar refractivity (Wildman–Crippen MR) is 127 cm³/mol. The van der Waals surface area contributed by atoms with E-state index in [1.807, 2.05) is 10.9 Å². The number of aromatic nitrogens is 2. The minimum absolute atomic E-state index is 0.0924. The number of benzene rings is 1. The molecule has 2 aliphatic heterocycles. The topological polar surface area (TPSA) is 102 Å². The number of aliphatic imine (C=N–C) groups is 1. The number of carbonyl (C=O) groups excluding carboxylic acids is 1. The van der Waals surface area contributed by atoms with Crippen molar-refractivity contribution in [3.63, 3.8) is 0 Å². The summed E-state index contributed by atoms with van der Waals surface area (Å²) in [5.74, 6) is 0.500. The standard InChI is InChI=1S/C22H24Cl2N6O3/c23-17-2-1-3-18(24)19(17)28-20(31)16-11-25-22(29-21(16)33-15-4-5-15)27-13-10-26-30(12-13)14-6-8-32-9-7-14/h1-3,10,12,14-15H,4-9,11H2,(H,28,31)(H2,25,27,29). The lowest BCUT2D eigenvalue weighted by molar-refractivity contribution is -0.113. The van der Waals surface area contributed by atoms with E-state index in [2.05, 4.69) is 26.0 Å². The van der Waals surface area contributed by atoms with Gasteiger partial charge in [0.1, 0.15) is 6.10 Å². The summed E-state index contributed by atoms with van der Waals surface area (Å²) in [7, 11) is 0. The highest BCUT2D eigenvalue weighted by molar-refractivity contribution is 6.40. The average molecular weight is 491 g/mol. The van der Waals surface area contributed by atoms with Crippen LogP contribution < -0.4 is 16.0 Å². The fraction of sp³-hybridized carbons (Fsp3) is 0.409. The number of rotatable bonds is 6. The second-order valence-corrected chi connectivity index (χ2v) is 8.96. The normalized spacial score (nSPS) is 19.0. The molecule has 1 aliphatic carbocycles. The van der Waals surface area contributed by atoms with Gasteiger partial charge < -0.3 is 20.1 Å². The van der Waals surface area contributed by atoms with Gasteiger partial charge in [0, 0.05) is 19.4 Å². The van der Waals surface area contributed by atoms with Crippen molar-refractivity contribution >= 4 is 46.4 Å². The molecular formula is C22H24Cl2N6O3. The van der Waals surface area contributed by atoms with E-state index in [0.29, 0.717) is 39.2 Å². The van der Waals surface area contributed by atoms with Gasteiger partial charge in [-0.05, 0) is 37.8 Å². The zero-order valence-corrected chi connectivity index (χ0v) is 19.3. The molecule has 0 unspecified atom stereocenters. The fourth-order valence-corrected chi connectivity index (χ4v) is 4.14. The van der Waals surface area contributed by atoms with Crippen LogP contribution in [0.5, 0.6) is 0 Å². The molecule has 0 bridgehead atoms. The summed E-state index contributed by atoms with van der Waals surface area (Å²) in [6, 6.07) is 5.38. The van der Waals surface area contributed by atoms with E-state index in [1.165, 1.54) is 0 Å². The third-order valence-electron chi connectivity index (χ3n) is 5.61. The molecule has 2 aromatic rings. The Labute approximate surface area is 201 Å². The first-order valence-corrected chi connectivity index (χ1v) is 11.7. The van der Waals surface area contributed by atoms with Crippen molar-refractivity contribution in [2.24, 2.45) is 4.99 Å². The van der Waals surface area contributed by atoms with Gasteiger partial charge in [-0.25, -0.2) is 4.99 Å². The third-order valence-corrected chi connectivity index (χ3v) is 6.24. The van der Waals surface area contributed by atoms with Gasteiger partial charge in [0.2, 0.25) is 11.8 Å². The maximum absolute atomic E-state index is 13.0. The highest BCUT2D eigenvalue weighted by atomic mass is 35.5. The minimum atomic E-state index is -0.372. The Morgan fingerprint density at radius 2 is 1.94 bits per heavy atom. The van der Waals surface area contributed by atoms with E-state index in [1.54, 1.807) is 24.4 Å². The molecule has 3 N–H and O–H groups in total. The average Bonchev–Trinajstić information content (AvgIpc) is 3.51. The molecule has 2 fully saturated rings. The van der Waals surface area contributed by atoms with Crippen molar-refractivity contribution in [3.8, 4) is 0 Å². The Hall–Kier alpha value is -2.75. The number of ether oxygens (including phenoxy) is 2. The van der Waals surface area contributed by atoms with Gasteiger partial charge in [-0.1, -0.05) is 29.3 Å². The van der Waals surface area contributed by atoms with E-state index in [9.17, 15) is 4.79 Å². The Bertz CT molecular complexity index is 1090. The SMILES string of the molecule is O=C(Nc1c(Cl)cccc1Cl)C1=C(OC2CC2)NC(Nc2cnn(C3CCOCC3)c2)=NC1. The molecule has 0 spiro atoms. The molecular weight excluding hydrogens is 467 g/mol. The summed E-state index contributed by atoms with van der Waals surface area (Å²) in [6.45, 7) is 1.64. The second-order valence-electron chi connectivity index (χ2n) is 8.14. The van der Waals surface area contributed by atoms with Gasteiger partial charge in [0.05, 0.1) is 45.8 Å². The lowest BCUT2D eigenvalue weighted by atomic mass is 10.1. The number of amides is 1. The van der Waals surface area contributed by atoms with Crippen molar-refractivity contribution < 1.29 is 14.3 Å². The lowest BCUT2D eigenvalue weighted by Gasteiger charge is -2.23. The largest absolute Gasteiger partial charge is 0.475 e. The van der Waals surface area contributed by atoms with E-state index in [-0.39, 0.29) is 18.6 Å². The molecule has 9 nitrogen and oxygen atoms in total. The van der Waals surface area contributed by atoms with Crippen LogP contribution in [0.1, 0.15) is 31.7 Å². The summed E-state index contributed by atoms with van der Waals surface area (Å²) in [5.41, 5.74) is 1.54. The molecule has 5 rings (SSSR count). The van der Waals surface area contributed by atoms with Crippen molar-refractivity contribution in [1.29, 1.82) is 0 Å². The summed E-state index contributed by atoms with van der Waals surface area (Å²) in [6.07, 6.45) is 7.59. The molecule has 1 saturated carbocycles. The number of hydrogen-bond donors (Lipinski definition) is 3. The molecule has 1 amide bonds. The van der Waals surface area contributed by atoms with Crippen LogP contribution in [0.4, 0.5) is 11.4 Å². The van der Waals surface area contributed by atoms with Crippen molar-refractivity contribution in [2.75, 3.05) is 30.4 Å². The number of para-hydroxylation sites is 1. The van der Waals surface area contributed by atoms with Crippen LogP contribution in [-0.4, -0.2) is 47.5 Å². The highest BCUT2D eigenvalue weighted by Crippen LogP contribution is 2.31. The smallest absolute Gasteiger partial charge is 0.258 e. The van der Waals surface area contributed by atoms with Gasteiger partial charge >= 0.3 is 0 Å². The van der Waals surface area contributed by atoms with Gasteiger partial charge in [-0.15, -0.1) is 0 Å². The molecule has 0 atom stereocenters. The Morgan fingerprint density at radius 3 is 2.67 bits per heavy atom. The highest BCUT2D eigenvalue weighted by Gasteiger charge is 2.30. The number of hydrogen-bond acceptors (Lipinski definition) is 7. The van der Waals surface area contributed by atoms with Crippen LogP contribution in [0.2, 0.25) is 10.0 Å². The molecule has 1 saturated heterocycles. The van der Waals surface area contributed by atoms with Gasteiger partial charge in [0.25, 0.3) is 5.91 Å². The minimum Gasteiger partial charge on any atom is -0.475 e. The summed E-state index contributed by atoms with van der Waals surface area (Å²) in [4.78, 5) is 17.5. The van der Waals surface area contributed by atoms with Crippen molar-refractivity contribution in [1.82, 2.24) is 15.1 Å². The van der Waals surface area contributed by atoms with Crippen molar-refractivity contribution in [2.45, 2.75) is 37.8 Å². The maximum atomic E-state index is 13.0. The van der Waals surface area contributed by atoms with E-state index < -0.39 is 0 Å². The third kappa shape index (κ3) is 5.26. The molecule has 0 radical (unpaired) electrons. The quantitative estimate of drug-likeness (QED) is 0.566. The molecule has 1 aromatic carbocycles. The first-order valence-electron chi connectivity index (χ1n) is 10.9. The number of guanidine groups is 1.